The Morgan fingerprint density at radius 2 is 1.92 bits per heavy atom. The molecule has 5 rings (SSSR count). The van der Waals surface area contributed by atoms with Crippen molar-refractivity contribution in [2.45, 2.75) is 58.3 Å². The molecule has 0 bridgehead atoms. The van der Waals surface area contributed by atoms with Crippen LogP contribution >= 0.6 is 7.52 Å². The van der Waals surface area contributed by atoms with Gasteiger partial charge in [-0.05, 0) is 68.5 Å². The lowest BCUT2D eigenvalue weighted by Gasteiger charge is -2.42. The lowest BCUT2D eigenvalue weighted by molar-refractivity contribution is -0.149. The smallest absolute Gasteiger partial charge is 0.342 e. The fourth-order valence-corrected chi connectivity index (χ4v) is 7.06. The summed E-state index contributed by atoms with van der Waals surface area (Å²) in [6.07, 6.45) is 1.11. The van der Waals surface area contributed by atoms with E-state index in [1.165, 1.54) is 18.2 Å². The molecule has 10 nitrogen and oxygen atoms in total. The van der Waals surface area contributed by atoms with Crippen molar-refractivity contribution >= 4 is 13.5 Å². The Labute approximate surface area is 223 Å². The van der Waals surface area contributed by atoms with Crippen LogP contribution in [-0.2, 0) is 38.2 Å². The highest BCUT2D eigenvalue weighted by atomic mass is 31.2. The van der Waals surface area contributed by atoms with Gasteiger partial charge in [0.2, 0.25) is 6.79 Å². The molecule has 2 aromatic carbocycles. The number of methoxy groups -OCH3 is 2. The van der Waals surface area contributed by atoms with Crippen molar-refractivity contribution in [2.75, 3.05) is 33.9 Å². The summed E-state index contributed by atoms with van der Waals surface area (Å²) in [6.45, 7) is 6.82. The molecular weight excluding hydrogens is 511 g/mol. The zero-order valence-electron chi connectivity index (χ0n) is 22.4. The minimum atomic E-state index is -3.68. The lowest BCUT2D eigenvalue weighted by Crippen LogP contribution is -2.39. The van der Waals surface area contributed by atoms with Gasteiger partial charge >= 0.3 is 13.5 Å². The Morgan fingerprint density at radius 3 is 2.63 bits per heavy atom. The monoisotopic (exact) mass is 546 g/mol. The largest absolute Gasteiger partial charge is 0.493 e. The topological polar surface area (TPSA) is 105 Å². The molecule has 38 heavy (non-hydrogen) atoms. The van der Waals surface area contributed by atoms with Crippen LogP contribution in [0.5, 0.6) is 23.0 Å². The standard InChI is InChI=1S/C27H35N2O8P/c1-16(2)36-27(30)17(3)28-38(31,15-32-4)37-26-21-13-29-9-8-19-11-24-25(35-14-34-24)12-20(19)22(29)10-18(21)6-7-23(26)33-5/h6-7,11-12,16-17,22H,8-10,13-15H2,1-5H3,(H,28,31)/t17-,22?,38?/m0/s1. The number of hydrogen-bond donors (Lipinski definition) is 1. The van der Waals surface area contributed by atoms with Gasteiger partial charge in [-0.15, -0.1) is 0 Å². The highest BCUT2D eigenvalue weighted by Gasteiger charge is 2.38. The molecular formula is C27H35N2O8P. The maximum atomic E-state index is 13.9. The molecule has 0 fully saturated rings. The molecule has 3 heterocycles. The number of esters is 1. The van der Waals surface area contributed by atoms with E-state index < -0.39 is 19.5 Å². The van der Waals surface area contributed by atoms with Gasteiger partial charge < -0.3 is 28.2 Å². The Bertz CT molecular complexity index is 1270. The lowest BCUT2D eigenvalue weighted by atomic mass is 9.83. The first-order valence-corrected chi connectivity index (χ1v) is 14.6. The average Bonchev–Trinajstić information content (AvgIpc) is 3.33. The third kappa shape index (κ3) is 5.23. The maximum absolute atomic E-state index is 13.9. The Balaban J connectivity index is 1.45. The van der Waals surface area contributed by atoms with Gasteiger partial charge in [0, 0.05) is 31.8 Å². The van der Waals surface area contributed by atoms with Gasteiger partial charge in [0.1, 0.15) is 12.4 Å². The van der Waals surface area contributed by atoms with E-state index in [9.17, 15) is 9.36 Å². The normalized spacial score (nSPS) is 20.1. The third-order valence-electron chi connectivity index (χ3n) is 7.05. The number of benzene rings is 2. The number of fused-ring (bicyclic) bond motifs is 5. The molecule has 3 atom stereocenters. The number of carbonyl (C=O) groups excluding carboxylic acids is 1. The van der Waals surface area contributed by atoms with Crippen molar-refractivity contribution in [1.82, 2.24) is 9.99 Å². The molecule has 206 valence electrons. The first-order chi connectivity index (χ1) is 18.2. The predicted molar refractivity (Wildman–Crippen MR) is 140 cm³/mol. The van der Waals surface area contributed by atoms with Crippen LogP contribution in [0.1, 0.15) is 49.1 Å². The quantitative estimate of drug-likeness (QED) is 0.364. The van der Waals surface area contributed by atoms with Crippen LogP contribution in [0.4, 0.5) is 0 Å². The van der Waals surface area contributed by atoms with Gasteiger partial charge in [0.25, 0.3) is 0 Å². The summed E-state index contributed by atoms with van der Waals surface area (Å²) in [5, 5.41) is 2.84. The molecule has 0 saturated heterocycles. The summed E-state index contributed by atoms with van der Waals surface area (Å²) in [5.74, 6) is 1.95. The van der Waals surface area contributed by atoms with Gasteiger partial charge in [-0.3, -0.25) is 14.3 Å². The molecule has 2 aromatic rings. The molecule has 1 N–H and O–H groups in total. The first kappa shape index (κ1) is 26.8. The van der Waals surface area contributed by atoms with Gasteiger partial charge in [0.15, 0.2) is 23.0 Å². The van der Waals surface area contributed by atoms with E-state index in [1.807, 2.05) is 12.1 Å². The van der Waals surface area contributed by atoms with Crippen molar-refractivity contribution in [1.29, 1.82) is 0 Å². The molecule has 0 spiro atoms. The molecule has 2 unspecified atom stereocenters. The highest BCUT2D eigenvalue weighted by molar-refractivity contribution is 7.57. The van der Waals surface area contributed by atoms with Crippen LogP contribution in [-0.4, -0.2) is 56.9 Å². The fraction of sp³-hybridized carbons (Fsp3) is 0.519. The average molecular weight is 547 g/mol. The molecule has 0 amide bonds. The highest BCUT2D eigenvalue weighted by Crippen LogP contribution is 2.51. The van der Waals surface area contributed by atoms with Crippen molar-refractivity contribution in [3.8, 4) is 23.0 Å². The van der Waals surface area contributed by atoms with Crippen molar-refractivity contribution < 1.29 is 37.6 Å². The predicted octanol–water partition coefficient (Wildman–Crippen LogP) is 4.18. The Morgan fingerprint density at radius 1 is 1.16 bits per heavy atom. The molecule has 0 aromatic heterocycles. The second-order valence-corrected chi connectivity index (χ2v) is 12.1. The van der Waals surface area contributed by atoms with E-state index in [2.05, 4.69) is 22.1 Å². The molecule has 3 aliphatic heterocycles. The van der Waals surface area contributed by atoms with Crippen molar-refractivity contribution in [3.05, 3.63) is 46.5 Å². The van der Waals surface area contributed by atoms with E-state index in [0.29, 0.717) is 18.0 Å². The van der Waals surface area contributed by atoms with E-state index in [-0.39, 0.29) is 25.3 Å². The SMILES string of the molecule is COCP(=O)(N[C@@H](C)C(=O)OC(C)C)Oc1c(OC)ccc2c1CN1CCc3cc4c(cc3C1C2)OCO4. The molecule has 0 aliphatic carbocycles. The zero-order chi connectivity index (χ0) is 27.0. The number of nitrogens with one attached hydrogen (secondary N) is 1. The summed E-state index contributed by atoms with van der Waals surface area (Å²) >= 11 is 0. The number of hydrogen-bond acceptors (Lipinski definition) is 9. The van der Waals surface area contributed by atoms with Gasteiger partial charge in [-0.25, -0.2) is 5.09 Å². The summed E-state index contributed by atoms with van der Waals surface area (Å²) in [4.78, 5) is 14.8. The van der Waals surface area contributed by atoms with E-state index >= 15 is 0 Å². The molecule has 0 radical (unpaired) electrons. The van der Waals surface area contributed by atoms with E-state index in [4.69, 9.17) is 28.2 Å². The van der Waals surface area contributed by atoms with Crippen LogP contribution in [0, 0.1) is 0 Å². The third-order valence-corrected chi connectivity index (χ3v) is 8.91. The van der Waals surface area contributed by atoms with Gasteiger partial charge in [-0.1, -0.05) is 6.07 Å². The van der Waals surface area contributed by atoms with E-state index in [0.717, 1.165) is 42.0 Å². The second kappa shape index (κ2) is 10.8. The van der Waals surface area contributed by atoms with Crippen LogP contribution in [0.2, 0.25) is 0 Å². The van der Waals surface area contributed by atoms with Gasteiger partial charge in [0.05, 0.1) is 13.2 Å². The summed E-state index contributed by atoms with van der Waals surface area (Å²) in [5.41, 5.74) is 4.53. The second-order valence-electron chi connectivity index (χ2n) is 10.1. The molecule has 3 aliphatic rings. The minimum absolute atomic E-state index is 0.178. The first-order valence-electron chi connectivity index (χ1n) is 12.8. The van der Waals surface area contributed by atoms with E-state index in [1.54, 1.807) is 27.9 Å². The number of carbonyl (C=O) groups is 1. The van der Waals surface area contributed by atoms with Crippen LogP contribution in [0.15, 0.2) is 24.3 Å². The van der Waals surface area contributed by atoms with Crippen molar-refractivity contribution in [3.63, 3.8) is 0 Å². The molecule has 11 heteroatoms. The summed E-state index contributed by atoms with van der Waals surface area (Å²) < 4.78 is 47.5. The Kier molecular flexibility index (Phi) is 7.60. The summed E-state index contributed by atoms with van der Waals surface area (Å²) in [7, 11) is -0.691. The van der Waals surface area contributed by atoms with Crippen molar-refractivity contribution in [2.24, 2.45) is 0 Å². The Hall–Kier alpha value is -2.78. The summed E-state index contributed by atoms with van der Waals surface area (Å²) in [6, 6.07) is 7.40. The van der Waals surface area contributed by atoms with Crippen LogP contribution < -0.4 is 23.8 Å². The van der Waals surface area contributed by atoms with Crippen LogP contribution in [0.25, 0.3) is 0 Å². The minimum Gasteiger partial charge on any atom is -0.493 e. The fourth-order valence-electron chi connectivity index (χ4n) is 5.34. The van der Waals surface area contributed by atoms with Gasteiger partial charge in [-0.2, -0.15) is 0 Å². The zero-order valence-corrected chi connectivity index (χ0v) is 23.3. The number of ether oxygens (including phenoxy) is 5. The van der Waals surface area contributed by atoms with Crippen LogP contribution in [0.3, 0.4) is 0 Å². The molecule has 0 saturated carbocycles. The number of rotatable bonds is 9. The number of nitrogens with zero attached hydrogens (tertiary/aromatic N) is 1. The maximum Gasteiger partial charge on any atom is 0.342 e.